The summed E-state index contributed by atoms with van der Waals surface area (Å²) in [6, 6.07) is 4.46. The molecule has 1 aromatic rings. The summed E-state index contributed by atoms with van der Waals surface area (Å²) in [6.07, 6.45) is 7.80. The number of esters is 1. The lowest BCUT2D eigenvalue weighted by Crippen LogP contribution is -2.44. The molecule has 1 saturated carbocycles. The molecule has 1 amide bonds. The van der Waals surface area contributed by atoms with Gasteiger partial charge in [0.2, 0.25) is 5.91 Å². The number of nitrogens with zero attached hydrogens (tertiary/aromatic N) is 2. The lowest BCUT2D eigenvalue weighted by atomic mass is 9.94. The Morgan fingerprint density at radius 2 is 1.94 bits per heavy atom. The maximum absolute atomic E-state index is 12.7. The van der Waals surface area contributed by atoms with E-state index in [0.29, 0.717) is 32.0 Å². The first kappa shape index (κ1) is 24.3. The molecule has 0 unspecified atom stereocenters. The van der Waals surface area contributed by atoms with Crippen molar-refractivity contribution in [3.8, 4) is 5.75 Å². The largest absolute Gasteiger partial charge is 0.487 e. The summed E-state index contributed by atoms with van der Waals surface area (Å²) >= 11 is 0. The molecule has 0 radical (unpaired) electrons. The molecule has 1 aliphatic rings. The molecule has 170 valence electrons. The van der Waals surface area contributed by atoms with Crippen LogP contribution in [-0.4, -0.2) is 54.3 Å². The Labute approximate surface area is 181 Å². The van der Waals surface area contributed by atoms with Gasteiger partial charge in [0.25, 0.3) is 0 Å². The van der Waals surface area contributed by atoms with Crippen LogP contribution in [0.4, 0.5) is 5.69 Å². The number of nitro groups is 1. The Morgan fingerprint density at radius 1 is 1.19 bits per heavy atom. The minimum atomic E-state index is -0.626. The highest BCUT2D eigenvalue weighted by atomic mass is 16.6. The lowest BCUT2D eigenvalue weighted by Gasteiger charge is -2.33. The number of benzene rings is 1. The van der Waals surface area contributed by atoms with Gasteiger partial charge in [-0.1, -0.05) is 25.3 Å². The van der Waals surface area contributed by atoms with Crippen LogP contribution in [0.1, 0.15) is 68.1 Å². The summed E-state index contributed by atoms with van der Waals surface area (Å²) < 4.78 is 10.2. The van der Waals surface area contributed by atoms with E-state index < -0.39 is 10.9 Å². The van der Waals surface area contributed by atoms with E-state index in [1.807, 2.05) is 0 Å². The Balaban J connectivity index is 1.79. The van der Waals surface area contributed by atoms with Crippen molar-refractivity contribution < 1.29 is 28.8 Å². The van der Waals surface area contributed by atoms with Gasteiger partial charge in [-0.15, -0.1) is 0 Å². The average molecular weight is 434 g/mol. The zero-order valence-corrected chi connectivity index (χ0v) is 17.9. The van der Waals surface area contributed by atoms with E-state index >= 15 is 0 Å². The molecule has 0 aliphatic heterocycles. The molecule has 31 heavy (non-hydrogen) atoms. The first-order valence-corrected chi connectivity index (χ1v) is 10.7. The summed E-state index contributed by atoms with van der Waals surface area (Å²) in [4.78, 5) is 47.7. The van der Waals surface area contributed by atoms with Crippen LogP contribution in [-0.2, 0) is 14.3 Å². The molecule has 0 aromatic heterocycles. The molecule has 0 N–H and O–H groups in total. The van der Waals surface area contributed by atoms with Crippen LogP contribution in [0.2, 0.25) is 0 Å². The van der Waals surface area contributed by atoms with E-state index in [1.54, 1.807) is 4.90 Å². The number of carbonyl (C=O) groups excluding carboxylic acids is 3. The fourth-order valence-electron chi connectivity index (χ4n) is 3.84. The number of hydrogen-bond donors (Lipinski definition) is 0. The minimum Gasteiger partial charge on any atom is -0.487 e. The van der Waals surface area contributed by atoms with E-state index in [4.69, 9.17) is 9.47 Å². The number of ether oxygens (including phenoxy) is 2. The van der Waals surface area contributed by atoms with Crippen LogP contribution in [0, 0.1) is 10.1 Å². The standard InChI is InChI=1S/C22H30N2O7/c1-30-21(27)15-23(18-10-4-2-5-11-18)20(26)13-6-3-7-14-31-19-12-8-9-17(16-25)22(19)24(28)29/h8-9,12,16,18H,2-7,10-11,13-15H2,1H3. The van der Waals surface area contributed by atoms with Gasteiger partial charge < -0.3 is 14.4 Å². The quantitative estimate of drug-likeness (QED) is 0.162. The number of carbonyl (C=O) groups is 3. The monoisotopic (exact) mass is 434 g/mol. The smallest absolute Gasteiger partial charge is 0.325 e. The van der Waals surface area contributed by atoms with Crippen molar-refractivity contribution in [2.45, 2.75) is 63.8 Å². The van der Waals surface area contributed by atoms with Crippen LogP contribution >= 0.6 is 0 Å². The first-order valence-electron chi connectivity index (χ1n) is 10.7. The molecule has 0 atom stereocenters. The van der Waals surface area contributed by atoms with E-state index in [2.05, 4.69) is 0 Å². The molecule has 1 fully saturated rings. The maximum Gasteiger partial charge on any atom is 0.325 e. The normalized spacial score (nSPS) is 14.0. The summed E-state index contributed by atoms with van der Waals surface area (Å²) in [5.41, 5.74) is -0.361. The number of para-hydroxylation sites is 1. The SMILES string of the molecule is COC(=O)CN(C(=O)CCCCCOc1cccc(C=O)c1[N+](=O)[O-])C1CCCCC1. The summed E-state index contributed by atoms with van der Waals surface area (Å²) in [5, 5.41) is 11.2. The zero-order chi connectivity index (χ0) is 22.6. The van der Waals surface area contributed by atoms with Crippen molar-refractivity contribution in [2.24, 2.45) is 0 Å². The molecule has 0 saturated heterocycles. The molecular formula is C22H30N2O7. The van der Waals surface area contributed by atoms with Crippen LogP contribution in [0.25, 0.3) is 0 Å². The second-order valence-corrected chi connectivity index (χ2v) is 7.62. The molecule has 0 spiro atoms. The fourth-order valence-corrected chi connectivity index (χ4v) is 3.84. The van der Waals surface area contributed by atoms with Gasteiger partial charge in [0.1, 0.15) is 6.54 Å². The lowest BCUT2D eigenvalue weighted by molar-refractivity contribution is -0.386. The average Bonchev–Trinajstić information content (AvgIpc) is 2.79. The molecule has 2 rings (SSSR count). The third kappa shape index (κ3) is 7.34. The Morgan fingerprint density at radius 3 is 2.58 bits per heavy atom. The van der Waals surface area contributed by atoms with E-state index in [9.17, 15) is 24.5 Å². The second-order valence-electron chi connectivity index (χ2n) is 7.62. The first-order chi connectivity index (χ1) is 15.0. The van der Waals surface area contributed by atoms with Gasteiger partial charge in [-0.2, -0.15) is 0 Å². The molecule has 1 aromatic carbocycles. The summed E-state index contributed by atoms with van der Waals surface area (Å²) in [7, 11) is 1.32. The number of unbranched alkanes of at least 4 members (excludes halogenated alkanes) is 2. The van der Waals surface area contributed by atoms with Crippen molar-refractivity contribution >= 4 is 23.9 Å². The number of rotatable bonds is 12. The number of amides is 1. The van der Waals surface area contributed by atoms with E-state index in [-0.39, 0.29) is 42.1 Å². The van der Waals surface area contributed by atoms with Crippen molar-refractivity contribution in [3.05, 3.63) is 33.9 Å². The van der Waals surface area contributed by atoms with Crippen molar-refractivity contribution in [3.63, 3.8) is 0 Å². The number of nitro benzene ring substituents is 1. The van der Waals surface area contributed by atoms with Gasteiger partial charge in [-0.25, -0.2) is 0 Å². The molecule has 9 heteroatoms. The maximum atomic E-state index is 12.7. The number of methoxy groups -OCH3 is 1. The molecule has 1 aliphatic carbocycles. The second kappa shape index (κ2) is 12.7. The van der Waals surface area contributed by atoms with Crippen molar-refractivity contribution in [1.29, 1.82) is 0 Å². The van der Waals surface area contributed by atoms with Gasteiger partial charge >= 0.3 is 11.7 Å². The van der Waals surface area contributed by atoms with Gasteiger partial charge in [0.15, 0.2) is 12.0 Å². The third-order valence-corrected chi connectivity index (χ3v) is 5.50. The van der Waals surface area contributed by atoms with Crippen LogP contribution in [0.5, 0.6) is 5.75 Å². The Hall–Kier alpha value is -2.97. The highest BCUT2D eigenvalue weighted by Gasteiger charge is 2.27. The fraction of sp³-hybridized carbons (Fsp3) is 0.591. The van der Waals surface area contributed by atoms with Crippen molar-refractivity contribution in [2.75, 3.05) is 20.3 Å². The topological polar surface area (TPSA) is 116 Å². The molecule has 9 nitrogen and oxygen atoms in total. The van der Waals surface area contributed by atoms with Crippen LogP contribution < -0.4 is 4.74 Å². The van der Waals surface area contributed by atoms with Gasteiger partial charge in [-0.3, -0.25) is 24.5 Å². The van der Waals surface area contributed by atoms with Gasteiger partial charge in [-0.05, 0) is 44.2 Å². The van der Waals surface area contributed by atoms with Crippen LogP contribution in [0.15, 0.2) is 18.2 Å². The Bertz CT molecular complexity index is 775. The molecular weight excluding hydrogens is 404 g/mol. The highest BCUT2D eigenvalue weighted by molar-refractivity contribution is 5.83. The van der Waals surface area contributed by atoms with E-state index in [1.165, 1.54) is 25.3 Å². The molecule has 0 heterocycles. The zero-order valence-electron chi connectivity index (χ0n) is 17.9. The van der Waals surface area contributed by atoms with Gasteiger partial charge in [0, 0.05) is 12.5 Å². The van der Waals surface area contributed by atoms with Crippen LogP contribution in [0.3, 0.4) is 0 Å². The summed E-state index contributed by atoms with van der Waals surface area (Å²) in [6.45, 7) is 0.228. The third-order valence-electron chi connectivity index (χ3n) is 5.50. The van der Waals surface area contributed by atoms with Crippen molar-refractivity contribution in [1.82, 2.24) is 4.90 Å². The number of hydrogen-bond acceptors (Lipinski definition) is 7. The summed E-state index contributed by atoms with van der Waals surface area (Å²) in [5.74, 6) is -0.397. The molecule has 0 bridgehead atoms. The minimum absolute atomic E-state index is 0.0140. The predicted octanol–water partition coefficient (Wildman–Crippen LogP) is 3.68. The number of aldehydes is 1. The van der Waals surface area contributed by atoms with Gasteiger partial charge in [0.05, 0.1) is 24.2 Å². The highest BCUT2D eigenvalue weighted by Crippen LogP contribution is 2.30. The predicted molar refractivity (Wildman–Crippen MR) is 113 cm³/mol. The van der Waals surface area contributed by atoms with E-state index in [0.717, 1.165) is 32.1 Å². The Kier molecular flexibility index (Phi) is 9.93.